The minimum absolute atomic E-state index is 0.0808. The van der Waals surface area contributed by atoms with Crippen LogP contribution >= 0.6 is 0 Å². The molecule has 2 bridgehead atoms. The van der Waals surface area contributed by atoms with Crippen molar-refractivity contribution in [2.24, 2.45) is 34.0 Å². The van der Waals surface area contributed by atoms with Gasteiger partial charge in [0.05, 0.1) is 19.1 Å². The van der Waals surface area contributed by atoms with Crippen LogP contribution in [0.1, 0.15) is 79.6 Å². The first-order chi connectivity index (χ1) is 13.1. The number of fused-ring (bicyclic) bond motifs is 4. The highest BCUT2D eigenvalue weighted by atomic mass is 16.6. The van der Waals surface area contributed by atoms with E-state index in [2.05, 4.69) is 40.7 Å². The fourth-order valence-corrected chi connectivity index (χ4v) is 8.55. The summed E-state index contributed by atoms with van der Waals surface area (Å²) in [4.78, 5) is 14.6. The van der Waals surface area contributed by atoms with Gasteiger partial charge in [0.15, 0.2) is 0 Å². The molecule has 2 saturated heterocycles. The van der Waals surface area contributed by atoms with Crippen LogP contribution in [0.3, 0.4) is 0 Å². The van der Waals surface area contributed by atoms with Gasteiger partial charge in [-0.3, -0.25) is 4.79 Å². The number of ether oxygens (including phenoxy) is 1. The summed E-state index contributed by atoms with van der Waals surface area (Å²) >= 11 is 0. The predicted octanol–water partition coefficient (Wildman–Crippen LogP) is 3.78. The fraction of sp³-hybridized carbons (Fsp3) is 0.880. The molecule has 4 fully saturated rings. The topological polar surface area (TPSA) is 30.7 Å². The Kier molecular flexibility index (Phi) is 4.17. The van der Waals surface area contributed by atoms with Gasteiger partial charge in [0.1, 0.15) is 12.0 Å². The third-order valence-electron chi connectivity index (χ3n) is 9.24. The molecule has 5 rings (SSSR count). The van der Waals surface area contributed by atoms with Crippen LogP contribution in [0, 0.1) is 34.0 Å². The van der Waals surface area contributed by atoms with Gasteiger partial charge in [-0.15, -0.1) is 0 Å². The van der Waals surface area contributed by atoms with Gasteiger partial charge in [0.25, 0.3) is 0 Å². The molecule has 0 spiro atoms. The molecule has 8 atom stereocenters. The molecule has 2 saturated carbocycles. The number of quaternary nitrogens is 1. The van der Waals surface area contributed by atoms with E-state index in [1.165, 1.54) is 45.1 Å². The van der Waals surface area contributed by atoms with Gasteiger partial charge >= 0.3 is 5.97 Å². The van der Waals surface area contributed by atoms with E-state index in [9.17, 15) is 4.79 Å². The maximum Gasteiger partial charge on any atom is 0.315 e. The van der Waals surface area contributed by atoms with E-state index in [0.717, 1.165) is 19.0 Å². The third-order valence-corrected chi connectivity index (χ3v) is 9.24. The predicted molar refractivity (Wildman–Crippen MR) is 111 cm³/mol. The second kappa shape index (κ2) is 6.09. The van der Waals surface area contributed by atoms with Crippen molar-refractivity contribution in [2.45, 2.75) is 91.7 Å². The van der Waals surface area contributed by atoms with Crippen LogP contribution < -0.4 is 4.90 Å². The van der Waals surface area contributed by atoms with Gasteiger partial charge in [-0.05, 0) is 42.4 Å². The summed E-state index contributed by atoms with van der Waals surface area (Å²) in [6.45, 7) is 14.4. The quantitative estimate of drug-likeness (QED) is 0.578. The van der Waals surface area contributed by atoms with Gasteiger partial charge in [-0.1, -0.05) is 52.7 Å². The lowest BCUT2D eigenvalue weighted by Crippen LogP contribution is -3.14. The molecule has 156 valence electrons. The summed E-state index contributed by atoms with van der Waals surface area (Å²) in [5.41, 5.74) is 2.82. The van der Waals surface area contributed by atoms with Crippen LogP contribution in [0.2, 0.25) is 0 Å². The van der Waals surface area contributed by atoms with Crippen molar-refractivity contribution >= 4 is 5.97 Å². The lowest BCUT2D eigenvalue weighted by atomic mass is 9.59. The number of hydrogen-bond acceptors (Lipinski definition) is 2. The minimum Gasteiger partial charge on any atom is -0.461 e. The first-order valence-electron chi connectivity index (χ1n) is 11.8. The van der Waals surface area contributed by atoms with Crippen LogP contribution in [0.4, 0.5) is 0 Å². The highest BCUT2D eigenvalue weighted by molar-refractivity contribution is 5.76. The highest BCUT2D eigenvalue weighted by Crippen LogP contribution is 2.54. The Hall–Kier alpha value is -0.830. The molecule has 2 aliphatic heterocycles. The molecule has 0 radical (unpaired) electrons. The molecule has 5 aliphatic rings. The van der Waals surface area contributed by atoms with Crippen LogP contribution in [0.25, 0.3) is 0 Å². The molecule has 0 aromatic carbocycles. The fourth-order valence-electron chi connectivity index (χ4n) is 8.55. The molecular formula is C25H40NO2+. The first kappa shape index (κ1) is 19.2. The van der Waals surface area contributed by atoms with E-state index in [1.54, 1.807) is 10.5 Å². The summed E-state index contributed by atoms with van der Waals surface area (Å²) in [6.07, 6.45) is 11.6. The van der Waals surface area contributed by atoms with Crippen LogP contribution in [-0.2, 0) is 9.53 Å². The first-order valence-corrected chi connectivity index (χ1v) is 11.8. The maximum atomic E-state index is 13.0. The molecule has 2 heterocycles. The molecular weight excluding hydrogens is 346 g/mol. The molecule has 3 nitrogen and oxygen atoms in total. The molecule has 3 heteroatoms. The summed E-state index contributed by atoms with van der Waals surface area (Å²) < 4.78 is 6.02. The number of carbonyl (C=O) groups excluding carboxylic acids is 1. The molecule has 0 aromatic rings. The SMILES string of the molecule is C[C@H]1CCC[C@]2(C)C[C@H]3OC(=O)[C@H](C[NH+]4C[C@]5(C)C[C@H]4CC(C)(C)C5)[C@H]3C=C12. The second-order valence-electron chi connectivity index (χ2n) is 12.6. The zero-order chi connectivity index (χ0) is 19.9. The molecule has 0 aromatic heterocycles. The van der Waals surface area contributed by atoms with Crippen molar-refractivity contribution in [3.05, 3.63) is 11.6 Å². The van der Waals surface area contributed by atoms with E-state index in [0.29, 0.717) is 22.7 Å². The summed E-state index contributed by atoms with van der Waals surface area (Å²) in [6, 6.07) is 0.732. The van der Waals surface area contributed by atoms with Crippen molar-refractivity contribution in [2.75, 3.05) is 13.1 Å². The van der Waals surface area contributed by atoms with E-state index < -0.39 is 0 Å². The third kappa shape index (κ3) is 2.99. The Morgan fingerprint density at radius 3 is 2.75 bits per heavy atom. The minimum atomic E-state index is 0.0808. The monoisotopic (exact) mass is 386 g/mol. The summed E-state index contributed by atoms with van der Waals surface area (Å²) in [7, 11) is 0. The average molecular weight is 387 g/mol. The van der Waals surface area contributed by atoms with E-state index in [-0.39, 0.29) is 23.4 Å². The van der Waals surface area contributed by atoms with Crippen molar-refractivity contribution < 1.29 is 14.4 Å². The van der Waals surface area contributed by atoms with Gasteiger partial charge in [-0.2, -0.15) is 0 Å². The second-order valence-corrected chi connectivity index (χ2v) is 12.6. The zero-order valence-corrected chi connectivity index (χ0v) is 18.6. The number of hydrogen-bond donors (Lipinski definition) is 1. The van der Waals surface area contributed by atoms with Crippen molar-refractivity contribution in [3.63, 3.8) is 0 Å². The molecule has 0 amide bonds. The van der Waals surface area contributed by atoms with Crippen molar-refractivity contribution in [1.29, 1.82) is 0 Å². The Morgan fingerprint density at radius 2 is 1.96 bits per heavy atom. The Balaban J connectivity index is 1.39. The number of allylic oxidation sites excluding steroid dienone is 1. The van der Waals surface area contributed by atoms with E-state index in [1.807, 2.05) is 0 Å². The van der Waals surface area contributed by atoms with Gasteiger partial charge in [0.2, 0.25) is 0 Å². The molecule has 1 N–H and O–H groups in total. The average Bonchev–Trinajstić information content (AvgIpc) is 2.97. The largest absolute Gasteiger partial charge is 0.461 e. The Morgan fingerprint density at radius 1 is 1.18 bits per heavy atom. The van der Waals surface area contributed by atoms with Gasteiger partial charge < -0.3 is 9.64 Å². The Bertz CT molecular complexity index is 711. The number of carbonyl (C=O) groups is 1. The number of nitrogens with one attached hydrogen (secondary N) is 1. The molecule has 3 aliphatic carbocycles. The Labute approximate surface area is 171 Å². The highest BCUT2D eigenvalue weighted by Gasteiger charge is 2.57. The van der Waals surface area contributed by atoms with Crippen LogP contribution in [0.15, 0.2) is 11.6 Å². The standard InChI is InChI=1S/C25H39NO2/c1-16-7-6-8-25(5)12-21-18(9-20(16)25)19(22(27)28-21)13-26-15-24(4)11-17(26)10-23(2,3)14-24/h9,16-19,21H,6-8,10-15H2,1-5H3/p+1/t16-,17+,18+,19+,21+,24+,25+/m0/s1. The van der Waals surface area contributed by atoms with E-state index in [4.69, 9.17) is 4.74 Å². The lowest BCUT2D eigenvalue weighted by Gasteiger charge is -2.46. The number of rotatable bonds is 2. The normalized spacial score (nSPS) is 51.9. The summed E-state index contributed by atoms with van der Waals surface area (Å²) in [5.74, 6) is 1.18. The molecule has 28 heavy (non-hydrogen) atoms. The van der Waals surface area contributed by atoms with Crippen LogP contribution in [-0.4, -0.2) is 31.2 Å². The maximum absolute atomic E-state index is 13.0. The number of esters is 1. The lowest BCUT2D eigenvalue weighted by molar-refractivity contribution is -0.917. The zero-order valence-electron chi connectivity index (χ0n) is 18.6. The van der Waals surface area contributed by atoms with Gasteiger partial charge in [-0.25, -0.2) is 0 Å². The van der Waals surface area contributed by atoms with Crippen LogP contribution in [0.5, 0.6) is 0 Å². The smallest absolute Gasteiger partial charge is 0.315 e. The van der Waals surface area contributed by atoms with Gasteiger partial charge in [0, 0.05) is 24.2 Å². The van der Waals surface area contributed by atoms with Crippen molar-refractivity contribution in [3.8, 4) is 0 Å². The van der Waals surface area contributed by atoms with E-state index >= 15 is 0 Å². The molecule has 1 unspecified atom stereocenters. The number of likely N-dealkylation sites (tertiary alicyclic amines) is 1. The van der Waals surface area contributed by atoms with Crippen molar-refractivity contribution in [1.82, 2.24) is 0 Å². The summed E-state index contributed by atoms with van der Waals surface area (Å²) in [5, 5.41) is 0.